The number of nitrogens with zero attached hydrogens (tertiary/aromatic N) is 1. The van der Waals surface area contributed by atoms with Crippen molar-refractivity contribution < 1.29 is 13.2 Å². The molecule has 0 spiro atoms. The second-order valence-corrected chi connectivity index (χ2v) is 9.24. The van der Waals surface area contributed by atoms with E-state index in [-0.39, 0.29) is 34.3 Å². The van der Waals surface area contributed by atoms with Crippen molar-refractivity contribution in [3.05, 3.63) is 58.6 Å². The molecule has 0 amide bonds. The van der Waals surface area contributed by atoms with Gasteiger partial charge in [0, 0.05) is 23.3 Å². The summed E-state index contributed by atoms with van der Waals surface area (Å²) >= 11 is 6.09. The molecule has 144 valence electrons. The van der Waals surface area contributed by atoms with Crippen molar-refractivity contribution in [1.29, 1.82) is 0 Å². The summed E-state index contributed by atoms with van der Waals surface area (Å²) in [4.78, 5) is 14.9. The van der Waals surface area contributed by atoms with Crippen LogP contribution in [0.5, 0.6) is 0 Å². The Morgan fingerprint density at radius 3 is 2.67 bits per heavy atom. The van der Waals surface area contributed by atoms with E-state index in [0.29, 0.717) is 5.56 Å². The molecule has 0 saturated heterocycles. The summed E-state index contributed by atoms with van der Waals surface area (Å²) in [6.07, 6.45) is 0.891. The Morgan fingerprint density at radius 2 is 1.96 bits per heavy atom. The summed E-state index contributed by atoms with van der Waals surface area (Å²) < 4.78 is 27.5. The molecule has 1 aliphatic heterocycles. The molecule has 0 fully saturated rings. The number of carbonyl (C=O) groups is 1. The fraction of sp³-hybridized carbons (Fsp3) is 0.350. The van der Waals surface area contributed by atoms with Gasteiger partial charge in [0.2, 0.25) is 10.0 Å². The molecule has 2 aromatic rings. The second kappa shape index (κ2) is 7.62. The molecule has 0 saturated carbocycles. The van der Waals surface area contributed by atoms with Gasteiger partial charge in [-0.1, -0.05) is 29.8 Å². The highest BCUT2D eigenvalue weighted by Gasteiger charge is 2.28. The predicted molar refractivity (Wildman–Crippen MR) is 108 cm³/mol. The molecule has 2 aromatic carbocycles. The molecule has 1 unspecified atom stereocenters. The Morgan fingerprint density at radius 1 is 1.26 bits per heavy atom. The molecule has 1 aliphatic rings. The zero-order valence-corrected chi connectivity index (χ0v) is 17.1. The van der Waals surface area contributed by atoms with Crippen LogP contribution in [0.1, 0.15) is 36.7 Å². The lowest BCUT2D eigenvalue weighted by Crippen LogP contribution is -2.34. The van der Waals surface area contributed by atoms with E-state index in [1.165, 1.54) is 17.7 Å². The number of fused-ring (bicyclic) bond motifs is 1. The fourth-order valence-corrected chi connectivity index (χ4v) is 5.15. The van der Waals surface area contributed by atoms with Gasteiger partial charge in [0.05, 0.1) is 11.6 Å². The van der Waals surface area contributed by atoms with Gasteiger partial charge < -0.3 is 4.90 Å². The van der Waals surface area contributed by atoms with Gasteiger partial charge in [-0.2, -0.15) is 0 Å². The van der Waals surface area contributed by atoms with Crippen LogP contribution in [0, 0.1) is 0 Å². The maximum Gasteiger partial charge on any atom is 0.242 e. The summed E-state index contributed by atoms with van der Waals surface area (Å²) in [5, 5.41) is 0.0968. The second-order valence-electron chi connectivity index (χ2n) is 7.15. The van der Waals surface area contributed by atoms with Crippen molar-refractivity contribution in [2.75, 3.05) is 11.4 Å². The van der Waals surface area contributed by atoms with Crippen molar-refractivity contribution in [3.8, 4) is 0 Å². The van der Waals surface area contributed by atoms with Gasteiger partial charge in [-0.15, -0.1) is 0 Å². The standard InChI is InChI=1S/C20H23ClN2O3S/c1-13(2)22-27(25,26)20-11-16(8-9-17(20)21)19(24)12-23-14(3)10-15-6-4-5-7-18(15)23/h4-9,11,13-14,22H,10,12H2,1-3H3. The third-order valence-corrected chi connectivity index (χ3v) is 6.74. The smallest absolute Gasteiger partial charge is 0.242 e. The average molecular weight is 407 g/mol. The number of ketones is 1. The first-order valence-corrected chi connectivity index (χ1v) is 10.7. The molecule has 1 N–H and O–H groups in total. The number of sulfonamides is 1. The number of rotatable bonds is 6. The van der Waals surface area contributed by atoms with E-state index >= 15 is 0 Å². The maximum atomic E-state index is 12.9. The molecular weight excluding hydrogens is 384 g/mol. The lowest BCUT2D eigenvalue weighted by Gasteiger charge is -2.24. The van der Waals surface area contributed by atoms with E-state index in [9.17, 15) is 13.2 Å². The van der Waals surface area contributed by atoms with Gasteiger partial charge in [0.1, 0.15) is 4.90 Å². The Hall–Kier alpha value is -1.89. The SMILES string of the molecule is CC(C)NS(=O)(=O)c1cc(C(=O)CN2c3ccccc3CC2C)ccc1Cl. The summed E-state index contributed by atoms with van der Waals surface area (Å²) in [5.74, 6) is -0.142. The molecule has 1 atom stereocenters. The van der Waals surface area contributed by atoms with Crippen LogP contribution in [-0.2, 0) is 16.4 Å². The molecule has 7 heteroatoms. The van der Waals surface area contributed by atoms with Crippen molar-refractivity contribution in [2.45, 2.75) is 44.2 Å². The van der Waals surface area contributed by atoms with Gasteiger partial charge in [-0.3, -0.25) is 4.79 Å². The minimum Gasteiger partial charge on any atom is -0.361 e. The van der Waals surface area contributed by atoms with Crippen LogP contribution in [0.25, 0.3) is 0 Å². The predicted octanol–water partition coefficient (Wildman–Crippen LogP) is 3.66. The van der Waals surface area contributed by atoms with Crippen LogP contribution in [0.15, 0.2) is 47.4 Å². The zero-order chi connectivity index (χ0) is 19.8. The number of benzene rings is 2. The Balaban J connectivity index is 1.87. The highest BCUT2D eigenvalue weighted by Crippen LogP contribution is 2.32. The molecule has 0 aromatic heterocycles. The number of Topliss-reactive ketones (excluding diaryl/α,β-unsaturated/α-hetero) is 1. The first kappa shape index (κ1) is 19.9. The molecule has 0 bridgehead atoms. The van der Waals surface area contributed by atoms with Crippen molar-refractivity contribution in [3.63, 3.8) is 0 Å². The van der Waals surface area contributed by atoms with E-state index in [1.807, 2.05) is 18.2 Å². The number of nitrogens with one attached hydrogen (secondary N) is 1. The molecule has 5 nitrogen and oxygen atoms in total. The van der Waals surface area contributed by atoms with E-state index in [0.717, 1.165) is 12.1 Å². The van der Waals surface area contributed by atoms with Gasteiger partial charge >= 0.3 is 0 Å². The van der Waals surface area contributed by atoms with Gasteiger partial charge in [0.15, 0.2) is 5.78 Å². The number of hydrogen-bond donors (Lipinski definition) is 1. The quantitative estimate of drug-likeness (QED) is 0.743. The lowest BCUT2D eigenvalue weighted by atomic mass is 10.1. The molecule has 27 heavy (non-hydrogen) atoms. The Bertz CT molecular complexity index is 973. The van der Waals surface area contributed by atoms with E-state index < -0.39 is 10.0 Å². The van der Waals surface area contributed by atoms with Gasteiger partial charge in [0.25, 0.3) is 0 Å². The zero-order valence-electron chi connectivity index (χ0n) is 15.6. The van der Waals surface area contributed by atoms with Crippen LogP contribution in [0.4, 0.5) is 5.69 Å². The molecule has 0 radical (unpaired) electrons. The number of carbonyl (C=O) groups excluding carboxylic acids is 1. The summed E-state index contributed by atoms with van der Waals surface area (Å²) in [6.45, 7) is 5.73. The van der Waals surface area contributed by atoms with E-state index in [1.54, 1.807) is 19.9 Å². The normalized spacial score (nSPS) is 16.6. The first-order valence-electron chi connectivity index (χ1n) is 8.88. The summed E-state index contributed by atoms with van der Waals surface area (Å²) in [7, 11) is -3.78. The summed E-state index contributed by atoms with van der Waals surface area (Å²) in [6, 6.07) is 12.4. The molecule has 0 aliphatic carbocycles. The van der Waals surface area contributed by atoms with Gasteiger partial charge in [-0.05, 0) is 57.0 Å². The van der Waals surface area contributed by atoms with Crippen LogP contribution in [-0.4, -0.2) is 32.8 Å². The highest BCUT2D eigenvalue weighted by atomic mass is 35.5. The molecule has 3 rings (SSSR count). The number of halogens is 1. The number of anilines is 1. The molecular formula is C20H23ClN2O3S. The van der Waals surface area contributed by atoms with E-state index in [4.69, 9.17) is 11.6 Å². The van der Waals surface area contributed by atoms with Gasteiger partial charge in [-0.25, -0.2) is 13.1 Å². The van der Waals surface area contributed by atoms with Crippen LogP contribution in [0.2, 0.25) is 5.02 Å². The number of para-hydroxylation sites is 1. The number of hydrogen-bond acceptors (Lipinski definition) is 4. The van der Waals surface area contributed by atoms with E-state index in [2.05, 4.69) is 22.6 Å². The minimum absolute atomic E-state index is 0.0708. The summed E-state index contributed by atoms with van der Waals surface area (Å²) in [5.41, 5.74) is 2.61. The fourth-order valence-electron chi connectivity index (χ4n) is 3.37. The van der Waals surface area contributed by atoms with Crippen LogP contribution < -0.4 is 9.62 Å². The third-order valence-electron chi connectivity index (χ3n) is 4.60. The molecule has 1 heterocycles. The Labute approximate surface area is 165 Å². The van der Waals surface area contributed by atoms with Crippen molar-refractivity contribution in [1.82, 2.24) is 4.72 Å². The third kappa shape index (κ3) is 4.18. The highest BCUT2D eigenvalue weighted by molar-refractivity contribution is 7.89. The Kier molecular flexibility index (Phi) is 5.60. The maximum absolute atomic E-state index is 12.9. The largest absolute Gasteiger partial charge is 0.361 e. The monoisotopic (exact) mass is 406 g/mol. The van der Waals surface area contributed by atoms with Crippen LogP contribution >= 0.6 is 11.6 Å². The van der Waals surface area contributed by atoms with Crippen molar-refractivity contribution >= 4 is 33.1 Å². The van der Waals surface area contributed by atoms with Crippen LogP contribution in [0.3, 0.4) is 0 Å². The minimum atomic E-state index is -3.78. The van der Waals surface area contributed by atoms with Crippen molar-refractivity contribution in [2.24, 2.45) is 0 Å². The lowest BCUT2D eigenvalue weighted by molar-refractivity contribution is 0.0997. The average Bonchev–Trinajstić information content (AvgIpc) is 2.89. The topological polar surface area (TPSA) is 66.5 Å². The first-order chi connectivity index (χ1) is 12.7.